The van der Waals surface area contributed by atoms with E-state index in [0.29, 0.717) is 19.4 Å². The van der Waals surface area contributed by atoms with Crippen molar-refractivity contribution in [2.24, 2.45) is 0 Å². The van der Waals surface area contributed by atoms with Crippen molar-refractivity contribution < 1.29 is 19.4 Å². The molecule has 5 nitrogen and oxygen atoms in total. The first-order valence-electron chi connectivity index (χ1n) is 9.66. The molecule has 0 saturated carbocycles. The zero-order valence-corrected chi connectivity index (χ0v) is 17.0. The van der Waals surface area contributed by atoms with Gasteiger partial charge in [-0.3, -0.25) is 0 Å². The number of aliphatic hydroxyl groups is 1. The van der Waals surface area contributed by atoms with Crippen LogP contribution in [0.4, 0.5) is 4.79 Å². The smallest absolute Gasteiger partial charge is 0.411 e. The molecule has 2 atom stereocenters. The average Bonchev–Trinajstić information content (AvgIpc) is 2.67. The monoisotopic (exact) mass is 383 g/mol. The van der Waals surface area contributed by atoms with Crippen molar-refractivity contribution >= 4 is 6.09 Å². The van der Waals surface area contributed by atoms with E-state index in [2.05, 4.69) is 0 Å². The Bertz CT molecular complexity index is 798. The lowest BCUT2D eigenvalue weighted by molar-refractivity contribution is -0.101. The predicted molar refractivity (Wildman–Crippen MR) is 108 cm³/mol. The molecule has 0 aliphatic carbocycles. The maximum Gasteiger partial charge on any atom is 0.411 e. The van der Waals surface area contributed by atoms with E-state index in [4.69, 9.17) is 9.47 Å². The van der Waals surface area contributed by atoms with E-state index in [9.17, 15) is 9.90 Å². The molecule has 28 heavy (non-hydrogen) atoms. The second kappa shape index (κ2) is 7.84. The minimum Gasteiger partial charge on any atom is -0.497 e. The van der Waals surface area contributed by atoms with Gasteiger partial charge in [-0.15, -0.1) is 0 Å². The molecule has 0 aromatic heterocycles. The third-order valence-corrected chi connectivity index (χ3v) is 5.36. The zero-order chi connectivity index (χ0) is 20.4. The topological polar surface area (TPSA) is 59.0 Å². The summed E-state index contributed by atoms with van der Waals surface area (Å²) in [6.07, 6.45) is 0.607. The fourth-order valence-electron chi connectivity index (χ4n) is 3.95. The predicted octanol–water partition coefficient (Wildman–Crippen LogP) is 4.66. The van der Waals surface area contributed by atoms with Gasteiger partial charge < -0.3 is 19.5 Å². The number of amides is 1. The van der Waals surface area contributed by atoms with E-state index < -0.39 is 11.2 Å². The number of hydrogen-bond donors (Lipinski definition) is 1. The van der Waals surface area contributed by atoms with E-state index in [1.54, 1.807) is 25.9 Å². The molecule has 0 radical (unpaired) electrons. The molecule has 150 valence electrons. The van der Waals surface area contributed by atoms with Gasteiger partial charge in [-0.1, -0.05) is 42.5 Å². The third-order valence-electron chi connectivity index (χ3n) is 5.36. The van der Waals surface area contributed by atoms with E-state index in [-0.39, 0.29) is 12.1 Å². The van der Waals surface area contributed by atoms with Crippen LogP contribution < -0.4 is 4.74 Å². The molecule has 1 heterocycles. The van der Waals surface area contributed by atoms with E-state index in [1.165, 1.54) is 0 Å². The normalized spacial score (nSPS) is 21.2. The fraction of sp³-hybridized carbons (Fsp3) is 0.435. The van der Waals surface area contributed by atoms with E-state index >= 15 is 0 Å². The molecular formula is C23H29NO4. The summed E-state index contributed by atoms with van der Waals surface area (Å²) in [7, 11) is 1.63. The van der Waals surface area contributed by atoms with Crippen LogP contribution in [-0.2, 0) is 10.3 Å². The first-order valence-corrected chi connectivity index (χ1v) is 9.66. The van der Waals surface area contributed by atoms with Gasteiger partial charge in [0.15, 0.2) is 0 Å². The van der Waals surface area contributed by atoms with Gasteiger partial charge in [0.1, 0.15) is 11.4 Å². The lowest BCUT2D eigenvalue weighted by Crippen LogP contribution is -2.51. The number of hydrogen-bond acceptors (Lipinski definition) is 4. The Morgan fingerprint density at radius 3 is 2.36 bits per heavy atom. The van der Waals surface area contributed by atoms with Crippen LogP contribution in [0.3, 0.4) is 0 Å². The molecule has 1 unspecified atom stereocenters. The van der Waals surface area contributed by atoms with E-state index in [1.807, 2.05) is 61.5 Å². The lowest BCUT2D eigenvalue weighted by Gasteiger charge is -2.45. The van der Waals surface area contributed by atoms with Crippen molar-refractivity contribution in [3.05, 3.63) is 65.7 Å². The minimum absolute atomic E-state index is 0.116. The third kappa shape index (κ3) is 4.30. The molecule has 2 aromatic rings. The molecule has 0 spiro atoms. The Morgan fingerprint density at radius 2 is 1.82 bits per heavy atom. The number of benzene rings is 2. The molecule has 1 N–H and O–H groups in total. The van der Waals surface area contributed by atoms with Crippen LogP contribution in [0, 0.1) is 0 Å². The van der Waals surface area contributed by atoms with Crippen molar-refractivity contribution in [1.29, 1.82) is 0 Å². The number of rotatable bonds is 6. The average molecular weight is 383 g/mol. The Hall–Kier alpha value is -2.53. The second-order valence-corrected chi connectivity index (χ2v) is 8.11. The summed E-state index contributed by atoms with van der Waals surface area (Å²) in [4.78, 5) is 14.7. The summed E-state index contributed by atoms with van der Waals surface area (Å²) in [6, 6.07) is 17.3. The highest BCUT2D eigenvalue weighted by molar-refractivity contribution is 5.70. The Morgan fingerprint density at radius 1 is 1.18 bits per heavy atom. The zero-order valence-electron chi connectivity index (χ0n) is 17.0. The van der Waals surface area contributed by atoms with E-state index in [0.717, 1.165) is 16.9 Å². The van der Waals surface area contributed by atoms with Crippen molar-refractivity contribution in [3.8, 4) is 5.75 Å². The molecule has 1 aliphatic rings. The molecule has 1 amide bonds. The Balaban J connectivity index is 1.83. The molecule has 2 aromatic carbocycles. The largest absolute Gasteiger partial charge is 0.497 e. The van der Waals surface area contributed by atoms with Gasteiger partial charge in [-0.25, -0.2) is 4.79 Å². The number of carbonyl (C=O) groups excluding carboxylic acids is 1. The molecule has 1 saturated heterocycles. The highest BCUT2D eigenvalue weighted by Gasteiger charge is 2.46. The number of carbonyl (C=O) groups is 1. The molecular weight excluding hydrogens is 354 g/mol. The van der Waals surface area contributed by atoms with Gasteiger partial charge in [0.2, 0.25) is 0 Å². The van der Waals surface area contributed by atoms with Crippen LogP contribution in [0.5, 0.6) is 5.75 Å². The summed E-state index contributed by atoms with van der Waals surface area (Å²) in [5.41, 5.74) is 0.154. The summed E-state index contributed by atoms with van der Waals surface area (Å²) >= 11 is 0. The number of cyclic esters (lactones) is 1. The van der Waals surface area contributed by atoms with Gasteiger partial charge in [0.05, 0.1) is 18.8 Å². The van der Waals surface area contributed by atoms with Gasteiger partial charge in [0, 0.05) is 19.4 Å². The second-order valence-electron chi connectivity index (χ2n) is 8.11. The number of ether oxygens (including phenoxy) is 2. The Labute approximate surface area is 166 Å². The summed E-state index contributed by atoms with van der Waals surface area (Å²) < 4.78 is 11.2. The highest BCUT2D eigenvalue weighted by Crippen LogP contribution is 2.42. The number of methoxy groups -OCH3 is 1. The van der Waals surface area contributed by atoms with Crippen LogP contribution in [0.15, 0.2) is 54.6 Å². The summed E-state index contributed by atoms with van der Waals surface area (Å²) in [5.74, 6) is 0.783. The fourth-order valence-corrected chi connectivity index (χ4v) is 3.95. The van der Waals surface area contributed by atoms with Crippen LogP contribution in [0.2, 0.25) is 0 Å². The van der Waals surface area contributed by atoms with Crippen LogP contribution in [0.1, 0.15) is 50.8 Å². The van der Waals surface area contributed by atoms with Gasteiger partial charge in [-0.05, 0) is 44.0 Å². The molecule has 3 rings (SSSR count). The van der Waals surface area contributed by atoms with Gasteiger partial charge in [-0.2, -0.15) is 0 Å². The van der Waals surface area contributed by atoms with Crippen molar-refractivity contribution in [1.82, 2.24) is 4.90 Å². The summed E-state index contributed by atoms with van der Waals surface area (Å²) in [6.45, 7) is 6.04. The molecule has 1 aliphatic heterocycles. The first kappa shape index (κ1) is 20.2. The minimum atomic E-state index is -0.958. The van der Waals surface area contributed by atoms with Crippen molar-refractivity contribution in [2.75, 3.05) is 13.7 Å². The standard InChI is InChI=1S/C23H29NO4/c1-17(18-10-12-20(27-4)13-11-18)24-15-14-23(28-21(24)25,16-22(2,3)26)19-8-6-5-7-9-19/h5-13,17,26H,14-16H2,1-4H3/t17-,23?/m0/s1. The summed E-state index contributed by atoms with van der Waals surface area (Å²) in [5, 5.41) is 10.5. The quantitative estimate of drug-likeness (QED) is 0.788. The van der Waals surface area contributed by atoms with Crippen LogP contribution in [-0.4, -0.2) is 35.4 Å². The molecule has 0 bridgehead atoms. The lowest BCUT2D eigenvalue weighted by atomic mass is 9.80. The maximum atomic E-state index is 13.0. The SMILES string of the molecule is COc1ccc([C@H](C)N2CCC(CC(C)(C)O)(c3ccccc3)OC2=O)cc1. The van der Waals surface area contributed by atoms with Crippen molar-refractivity contribution in [2.45, 2.75) is 50.9 Å². The maximum absolute atomic E-state index is 13.0. The first-order chi connectivity index (χ1) is 13.2. The van der Waals surface area contributed by atoms with Crippen LogP contribution >= 0.6 is 0 Å². The highest BCUT2D eigenvalue weighted by atomic mass is 16.6. The van der Waals surface area contributed by atoms with Crippen LogP contribution in [0.25, 0.3) is 0 Å². The van der Waals surface area contributed by atoms with Crippen molar-refractivity contribution in [3.63, 3.8) is 0 Å². The van der Waals surface area contributed by atoms with Gasteiger partial charge >= 0.3 is 6.09 Å². The molecule has 5 heteroatoms. The Kier molecular flexibility index (Phi) is 5.66. The molecule has 1 fully saturated rings. The number of nitrogens with zero attached hydrogens (tertiary/aromatic N) is 1. The van der Waals surface area contributed by atoms with Gasteiger partial charge in [0.25, 0.3) is 0 Å².